The van der Waals surface area contributed by atoms with E-state index in [0.717, 1.165) is 25.7 Å². The quantitative estimate of drug-likeness (QED) is 0.616. The van der Waals surface area contributed by atoms with Crippen LogP contribution in [0.2, 0.25) is 0 Å². The predicted molar refractivity (Wildman–Crippen MR) is 78.5 cm³/mol. The molecule has 2 N–H and O–H groups in total. The molecule has 0 saturated heterocycles. The zero-order valence-corrected chi connectivity index (χ0v) is 13.1. The fourth-order valence-corrected chi connectivity index (χ4v) is 6.23. The second kappa shape index (κ2) is 4.32. The highest BCUT2D eigenvalue weighted by atomic mass is 16.6. The molecule has 0 amide bonds. The van der Waals surface area contributed by atoms with Gasteiger partial charge in [-0.2, -0.15) is 0 Å². The summed E-state index contributed by atoms with van der Waals surface area (Å²) in [5.74, 6) is -0.346. The van der Waals surface area contributed by atoms with Crippen molar-refractivity contribution in [3.8, 4) is 0 Å². The van der Waals surface area contributed by atoms with Crippen molar-refractivity contribution in [1.29, 1.82) is 0 Å². The Morgan fingerprint density at radius 2 is 1.57 bits per heavy atom. The minimum absolute atomic E-state index is 0.0373. The molecule has 0 aromatic heterocycles. The van der Waals surface area contributed by atoms with Gasteiger partial charge in [-0.15, -0.1) is 0 Å². The van der Waals surface area contributed by atoms with E-state index >= 15 is 0 Å². The summed E-state index contributed by atoms with van der Waals surface area (Å²) in [7, 11) is 0. The van der Waals surface area contributed by atoms with Crippen molar-refractivity contribution >= 4 is 5.97 Å². The topological polar surface area (TPSA) is 66.8 Å². The van der Waals surface area contributed by atoms with Crippen LogP contribution in [0.1, 0.15) is 52.4 Å². The molecule has 0 aromatic rings. The van der Waals surface area contributed by atoms with Gasteiger partial charge in [-0.1, -0.05) is 13.5 Å². The third-order valence-electron chi connectivity index (χ3n) is 5.83. The summed E-state index contributed by atoms with van der Waals surface area (Å²) >= 11 is 0. The first-order valence-corrected chi connectivity index (χ1v) is 7.80. The third kappa shape index (κ3) is 2.23. The van der Waals surface area contributed by atoms with E-state index in [0.29, 0.717) is 18.4 Å². The Morgan fingerprint density at radius 1 is 1.05 bits per heavy atom. The van der Waals surface area contributed by atoms with E-state index < -0.39 is 5.60 Å². The summed E-state index contributed by atoms with van der Waals surface area (Å²) in [6.07, 6.45) is 5.03. The molecule has 0 radical (unpaired) electrons. The van der Waals surface area contributed by atoms with Crippen LogP contribution in [0.4, 0.5) is 0 Å². The molecule has 4 nitrogen and oxygen atoms in total. The minimum Gasteiger partial charge on any atom is -0.456 e. The smallest absolute Gasteiger partial charge is 0.333 e. The first kappa shape index (κ1) is 15.0. The van der Waals surface area contributed by atoms with Gasteiger partial charge in [0.2, 0.25) is 0 Å². The van der Waals surface area contributed by atoms with Crippen LogP contribution in [-0.2, 0) is 9.53 Å². The zero-order valence-electron chi connectivity index (χ0n) is 13.1. The Hall–Kier alpha value is -0.870. The largest absolute Gasteiger partial charge is 0.456 e. The molecular formula is C17H26O4. The van der Waals surface area contributed by atoms with Gasteiger partial charge >= 0.3 is 5.97 Å². The number of ether oxygens (including phenoxy) is 1. The maximum absolute atomic E-state index is 12.1. The van der Waals surface area contributed by atoms with Gasteiger partial charge < -0.3 is 14.9 Å². The van der Waals surface area contributed by atoms with Crippen LogP contribution in [0.15, 0.2) is 12.2 Å². The van der Waals surface area contributed by atoms with Crippen LogP contribution in [0.5, 0.6) is 0 Å². The lowest BCUT2D eigenvalue weighted by Crippen LogP contribution is -2.66. The number of hydrogen-bond donors (Lipinski definition) is 2. The van der Waals surface area contributed by atoms with Gasteiger partial charge in [-0.3, -0.25) is 0 Å². The van der Waals surface area contributed by atoms with Crippen molar-refractivity contribution in [2.24, 2.45) is 16.2 Å². The van der Waals surface area contributed by atoms with E-state index in [2.05, 4.69) is 13.5 Å². The summed E-state index contributed by atoms with van der Waals surface area (Å²) in [4.78, 5) is 12.1. The minimum atomic E-state index is -0.537. The van der Waals surface area contributed by atoms with E-state index in [4.69, 9.17) is 4.74 Å². The van der Waals surface area contributed by atoms with E-state index in [1.807, 2.05) is 0 Å². The summed E-state index contributed by atoms with van der Waals surface area (Å²) in [6.45, 7) is 7.76. The number of hydrogen-bond acceptors (Lipinski definition) is 4. The average molecular weight is 294 g/mol. The Balaban J connectivity index is 1.99. The highest BCUT2D eigenvalue weighted by molar-refractivity contribution is 5.87. The molecule has 2 unspecified atom stereocenters. The van der Waals surface area contributed by atoms with Gasteiger partial charge in [0.1, 0.15) is 5.60 Å². The molecule has 4 bridgehead atoms. The number of carbonyl (C=O) groups excluding carboxylic acids is 1. The number of rotatable bonds is 4. The third-order valence-corrected chi connectivity index (χ3v) is 5.83. The van der Waals surface area contributed by atoms with E-state index in [9.17, 15) is 15.0 Å². The van der Waals surface area contributed by atoms with E-state index in [-0.39, 0.29) is 35.4 Å². The Kier molecular flexibility index (Phi) is 3.10. The highest BCUT2D eigenvalue weighted by Crippen LogP contribution is 2.71. The molecule has 4 saturated carbocycles. The van der Waals surface area contributed by atoms with Crippen LogP contribution in [-0.4, -0.2) is 35.0 Å². The molecule has 0 spiro atoms. The summed E-state index contributed by atoms with van der Waals surface area (Å²) in [6, 6.07) is 0. The Labute approximate surface area is 126 Å². The van der Waals surface area contributed by atoms with Gasteiger partial charge in [0.15, 0.2) is 0 Å². The standard InChI is InChI=1S/C17H26O4/c1-12(2)13(20)21-17-6-14(3)4-15(8-17,10-18)7-16(5-14,9-17)11-19/h18-19H,1,4-11H2,2-3H3. The molecule has 4 fully saturated rings. The van der Waals surface area contributed by atoms with Crippen molar-refractivity contribution in [2.75, 3.05) is 13.2 Å². The average Bonchev–Trinajstić information content (AvgIpc) is 2.35. The molecule has 0 aromatic carbocycles. The van der Waals surface area contributed by atoms with Gasteiger partial charge in [0.25, 0.3) is 0 Å². The van der Waals surface area contributed by atoms with Gasteiger partial charge in [-0.25, -0.2) is 4.79 Å². The fourth-order valence-electron chi connectivity index (χ4n) is 6.23. The number of aliphatic hydroxyl groups excluding tert-OH is 2. The molecule has 4 heteroatoms. The fraction of sp³-hybridized carbons (Fsp3) is 0.824. The molecular weight excluding hydrogens is 268 g/mol. The predicted octanol–water partition coefficient (Wildman–Crippen LogP) is 2.19. The molecule has 21 heavy (non-hydrogen) atoms. The highest BCUT2D eigenvalue weighted by Gasteiger charge is 2.68. The monoisotopic (exact) mass is 294 g/mol. The number of carbonyl (C=O) groups is 1. The lowest BCUT2D eigenvalue weighted by Gasteiger charge is -2.68. The van der Waals surface area contributed by atoms with Crippen LogP contribution in [0, 0.1) is 16.2 Å². The van der Waals surface area contributed by atoms with Gasteiger partial charge in [0, 0.05) is 18.8 Å². The van der Waals surface area contributed by atoms with Crippen LogP contribution < -0.4 is 0 Å². The molecule has 0 heterocycles. The maximum Gasteiger partial charge on any atom is 0.333 e. The van der Waals surface area contributed by atoms with E-state index in [1.54, 1.807) is 6.92 Å². The van der Waals surface area contributed by atoms with Crippen LogP contribution in [0.25, 0.3) is 0 Å². The lowest BCUT2D eigenvalue weighted by molar-refractivity contribution is -0.254. The Bertz CT molecular complexity index is 475. The first-order valence-electron chi connectivity index (χ1n) is 7.80. The molecule has 2 atom stereocenters. The normalized spacial score (nSPS) is 47.4. The van der Waals surface area contributed by atoms with Crippen molar-refractivity contribution in [1.82, 2.24) is 0 Å². The summed E-state index contributed by atoms with van der Waals surface area (Å²) in [5, 5.41) is 19.9. The molecule has 0 aliphatic heterocycles. The molecule has 4 rings (SSSR count). The summed E-state index contributed by atoms with van der Waals surface area (Å²) < 4.78 is 5.87. The SMILES string of the molecule is C=C(C)C(=O)OC12CC3(C)CC(CO)(CC(CO)(C3)C1)C2. The summed E-state index contributed by atoms with van der Waals surface area (Å²) in [5.41, 5.74) is -0.504. The second-order valence-electron chi connectivity index (χ2n) is 8.54. The van der Waals surface area contributed by atoms with Gasteiger partial charge in [0.05, 0.1) is 0 Å². The van der Waals surface area contributed by atoms with Crippen LogP contribution in [0.3, 0.4) is 0 Å². The van der Waals surface area contributed by atoms with Gasteiger partial charge in [-0.05, 0) is 61.7 Å². The molecule has 4 aliphatic carbocycles. The molecule has 4 aliphatic rings. The number of aliphatic hydroxyl groups is 2. The first-order chi connectivity index (χ1) is 9.69. The number of esters is 1. The lowest BCUT2D eigenvalue weighted by atomic mass is 9.39. The van der Waals surface area contributed by atoms with Crippen molar-refractivity contribution in [3.63, 3.8) is 0 Å². The zero-order chi connectivity index (χ0) is 15.5. The Morgan fingerprint density at radius 3 is 2.00 bits per heavy atom. The van der Waals surface area contributed by atoms with Crippen molar-refractivity contribution < 1.29 is 19.7 Å². The maximum atomic E-state index is 12.1. The second-order valence-corrected chi connectivity index (χ2v) is 8.54. The van der Waals surface area contributed by atoms with E-state index in [1.165, 1.54) is 0 Å². The molecule has 118 valence electrons. The van der Waals surface area contributed by atoms with Crippen LogP contribution >= 0.6 is 0 Å². The van der Waals surface area contributed by atoms with Crippen molar-refractivity contribution in [3.05, 3.63) is 12.2 Å². The van der Waals surface area contributed by atoms with Crippen molar-refractivity contribution in [2.45, 2.75) is 58.0 Å².